The van der Waals surface area contributed by atoms with Gasteiger partial charge in [0.25, 0.3) is 0 Å². The lowest BCUT2D eigenvalue weighted by Crippen LogP contribution is -2.24. The Morgan fingerprint density at radius 1 is 1.45 bits per heavy atom. The summed E-state index contributed by atoms with van der Waals surface area (Å²) in [5.74, 6) is 1.47. The fourth-order valence-corrected chi connectivity index (χ4v) is 2.62. The lowest BCUT2D eigenvalue weighted by molar-refractivity contribution is 0.152. The topological polar surface area (TPSA) is 45.5 Å². The second-order valence-corrected chi connectivity index (χ2v) is 5.25. The highest BCUT2D eigenvalue weighted by Gasteiger charge is 2.21. The summed E-state index contributed by atoms with van der Waals surface area (Å²) in [6.07, 6.45) is 2.25. The third kappa shape index (κ3) is 4.52. The third-order valence-corrected chi connectivity index (χ3v) is 3.62. The van der Waals surface area contributed by atoms with Crippen molar-refractivity contribution < 1.29 is 9.47 Å². The molecule has 0 amide bonds. The van der Waals surface area contributed by atoms with E-state index in [9.17, 15) is 0 Å². The van der Waals surface area contributed by atoms with Crippen LogP contribution in [0.2, 0.25) is 0 Å². The van der Waals surface area contributed by atoms with Crippen LogP contribution >= 0.6 is 0 Å². The summed E-state index contributed by atoms with van der Waals surface area (Å²) in [5.41, 5.74) is 0.643. The predicted molar refractivity (Wildman–Crippen MR) is 77.7 cm³/mol. The SMILES string of the molecule is COCC1CCN(CCCOc2cccc(C#N)c2)C1. The molecule has 0 bridgehead atoms. The van der Waals surface area contributed by atoms with Gasteiger partial charge in [-0.2, -0.15) is 5.26 Å². The van der Waals surface area contributed by atoms with Gasteiger partial charge in [0.15, 0.2) is 0 Å². The number of nitriles is 1. The summed E-state index contributed by atoms with van der Waals surface area (Å²) < 4.78 is 10.9. The van der Waals surface area contributed by atoms with E-state index < -0.39 is 0 Å². The Morgan fingerprint density at radius 3 is 3.15 bits per heavy atom. The van der Waals surface area contributed by atoms with Gasteiger partial charge in [0, 0.05) is 20.2 Å². The summed E-state index contributed by atoms with van der Waals surface area (Å²) in [5, 5.41) is 8.82. The van der Waals surface area contributed by atoms with Crippen molar-refractivity contribution >= 4 is 0 Å². The van der Waals surface area contributed by atoms with E-state index >= 15 is 0 Å². The molecular formula is C16H22N2O2. The fraction of sp³-hybridized carbons (Fsp3) is 0.562. The van der Waals surface area contributed by atoms with Gasteiger partial charge in [-0.05, 0) is 43.5 Å². The van der Waals surface area contributed by atoms with E-state index in [-0.39, 0.29) is 0 Å². The van der Waals surface area contributed by atoms with Crippen molar-refractivity contribution in [2.75, 3.05) is 40.0 Å². The molecule has 1 aliphatic rings. The van der Waals surface area contributed by atoms with Crippen LogP contribution in [0.25, 0.3) is 0 Å². The Labute approximate surface area is 120 Å². The van der Waals surface area contributed by atoms with Gasteiger partial charge in [-0.15, -0.1) is 0 Å². The molecular weight excluding hydrogens is 252 g/mol. The lowest BCUT2D eigenvalue weighted by atomic mass is 10.1. The maximum absolute atomic E-state index is 8.82. The summed E-state index contributed by atoms with van der Waals surface area (Å²) in [6, 6.07) is 9.43. The van der Waals surface area contributed by atoms with Gasteiger partial charge in [-0.25, -0.2) is 0 Å². The van der Waals surface area contributed by atoms with E-state index in [4.69, 9.17) is 14.7 Å². The van der Waals surface area contributed by atoms with E-state index in [2.05, 4.69) is 11.0 Å². The average Bonchev–Trinajstić information content (AvgIpc) is 2.92. The number of hydrogen-bond acceptors (Lipinski definition) is 4. The number of benzene rings is 1. The Morgan fingerprint density at radius 2 is 2.35 bits per heavy atom. The third-order valence-electron chi connectivity index (χ3n) is 3.62. The molecule has 1 fully saturated rings. The second-order valence-electron chi connectivity index (χ2n) is 5.25. The molecule has 2 rings (SSSR count). The monoisotopic (exact) mass is 274 g/mol. The van der Waals surface area contributed by atoms with Crippen molar-refractivity contribution in [2.24, 2.45) is 5.92 Å². The zero-order valence-corrected chi connectivity index (χ0v) is 12.0. The standard InChI is InChI=1S/C16H22N2O2/c1-19-13-15-6-8-18(12-15)7-3-9-20-16-5-2-4-14(10-16)11-17/h2,4-5,10,15H,3,6-9,12-13H2,1H3. The summed E-state index contributed by atoms with van der Waals surface area (Å²) >= 11 is 0. The maximum atomic E-state index is 8.82. The molecule has 0 N–H and O–H groups in total. The number of ether oxygens (including phenoxy) is 2. The normalized spacial score (nSPS) is 18.9. The fourth-order valence-electron chi connectivity index (χ4n) is 2.62. The molecule has 0 saturated carbocycles. The molecule has 4 heteroatoms. The molecule has 1 saturated heterocycles. The van der Waals surface area contributed by atoms with Crippen LogP contribution in [0.3, 0.4) is 0 Å². The van der Waals surface area contributed by atoms with Gasteiger partial charge >= 0.3 is 0 Å². The van der Waals surface area contributed by atoms with Crippen LogP contribution in [0.4, 0.5) is 0 Å². The molecule has 0 radical (unpaired) electrons. The van der Waals surface area contributed by atoms with E-state index in [1.807, 2.05) is 12.1 Å². The molecule has 1 unspecified atom stereocenters. The first-order chi connectivity index (χ1) is 9.81. The van der Waals surface area contributed by atoms with Crippen LogP contribution < -0.4 is 4.74 Å². The zero-order chi connectivity index (χ0) is 14.2. The average molecular weight is 274 g/mol. The summed E-state index contributed by atoms with van der Waals surface area (Å²) in [7, 11) is 1.77. The van der Waals surface area contributed by atoms with E-state index in [0.29, 0.717) is 18.1 Å². The smallest absolute Gasteiger partial charge is 0.120 e. The second kappa shape index (κ2) is 7.88. The van der Waals surface area contributed by atoms with Crippen LogP contribution in [-0.4, -0.2) is 44.9 Å². The van der Waals surface area contributed by atoms with Gasteiger partial charge in [-0.3, -0.25) is 0 Å². The number of likely N-dealkylation sites (tertiary alicyclic amines) is 1. The first kappa shape index (κ1) is 14.8. The Bertz CT molecular complexity index is 456. The first-order valence-corrected chi connectivity index (χ1v) is 7.16. The quantitative estimate of drug-likeness (QED) is 0.716. The van der Waals surface area contributed by atoms with E-state index in [0.717, 1.165) is 38.4 Å². The van der Waals surface area contributed by atoms with Crippen LogP contribution in [-0.2, 0) is 4.74 Å². The highest BCUT2D eigenvalue weighted by Crippen LogP contribution is 2.17. The van der Waals surface area contributed by atoms with Crippen LogP contribution in [0, 0.1) is 17.2 Å². The van der Waals surface area contributed by atoms with Gasteiger partial charge in [0.2, 0.25) is 0 Å². The van der Waals surface area contributed by atoms with Crippen LogP contribution in [0.1, 0.15) is 18.4 Å². The minimum atomic E-state index is 0.643. The minimum Gasteiger partial charge on any atom is -0.494 e. The first-order valence-electron chi connectivity index (χ1n) is 7.16. The molecule has 0 spiro atoms. The number of rotatable bonds is 7. The van der Waals surface area contributed by atoms with Crippen molar-refractivity contribution in [2.45, 2.75) is 12.8 Å². The summed E-state index contributed by atoms with van der Waals surface area (Å²) in [6.45, 7) is 4.93. The van der Waals surface area contributed by atoms with Crippen molar-refractivity contribution in [1.29, 1.82) is 5.26 Å². The predicted octanol–water partition coefficient (Wildman–Crippen LogP) is 2.30. The maximum Gasteiger partial charge on any atom is 0.120 e. The summed E-state index contributed by atoms with van der Waals surface area (Å²) in [4.78, 5) is 2.47. The molecule has 1 atom stereocenters. The van der Waals surface area contributed by atoms with Gasteiger partial charge in [0.1, 0.15) is 5.75 Å². The van der Waals surface area contributed by atoms with Gasteiger partial charge < -0.3 is 14.4 Å². The number of methoxy groups -OCH3 is 1. The van der Waals surface area contributed by atoms with Crippen molar-refractivity contribution in [3.63, 3.8) is 0 Å². The minimum absolute atomic E-state index is 0.643. The molecule has 1 heterocycles. The van der Waals surface area contributed by atoms with Gasteiger partial charge in [-0.1, -0.05) is 6.07 Å². The number of hydrogen-bond donors (Lipinski definition) is 0. The van der Waals surface area contributed by atoms with E-state index in [1.54, 1.807) is 19.2 Å². The van der Waals surface area contributed by atoms with Gasteiger partial charge in [0.05, 0.1) is 24.8 Å². The molecule has 1 aromatic carbocycles. The Hall–Kier alpha value is -1.57. The number of nitrogens with zero attached hydrogens (tertiary/aromatic N) is 2. The van der Waals surface area contributed by atoms with E-state index in [1.165, 1.54) is 6.42 Å². The highest BCUT2D eigenvalue weighted by atomic mass is 16.5. The lowest BCUT2D eigenvalue weighted by Gasteiger charge is -2.16. The van der Waals surface area contributed by atoms with Crippen molar-refractivity contribution in [3.05, 3.63) is 29.8 Å². The van der Waals surface area contributed by atoms with Crippen molar-refractivity contribution in [3.8, 4) is 11.8 Å². The van der Waals surface area contributed by atoms with Crippen LogP contribution in [0.5, 0.6) is 5.75 Å². The molecule has 0 aromatic heterocycles. The van der Waals surface area contributed by atoms with Crippen LogP contribution in [0.15, 0.2) is 24.3 Å². The Kier molecular flexibility index (Phi) is 5.85. The highest BCUT2D eigenvalue weighted by molar-refractivity contribution is 5.36. The molecule has 108 valence electrons. The zero-order valence-electron chi connectivity index (χ0n) is 12.0. The molecule has 0 aliphatic carbocycles. The molecule has 1 aliphatic heterocycles. The molecule has 1 aromatic rings. The largest absolute Gasteiger partial charge is 0.494 e. The molecule has 4 nitrogen and oxygen atoms in total. The van der Waals surface area contributed by atoms with Crippen molar-refractivity contribution in [1.82, 2.24) is 4.90 Å². The molecule has 20 heavy (non-hydrogen) atoms. The Balaban J connectivity index is 1.63.